The highest BCUT2D eigenvalue weighted by molar-refractivity contribution is 5.99. The summed E-state index contributed by atoms with van der Waals surface area (Å²) in [5.41, 5.74) is 1.55. The summed E-state index contributed by atoms with van der Waals surface area (Å²) in [7, 11) is 0. The van der Waals surface area contributed by atoms with Crippen LogP contribution in [-0.4, -0.2) is 50.9 Å². The third-order valence-electron chi connectivity index (χ3n) is 6.71. The van der Waals surface area contributed by atoms with Crippen LogP contribution in [0.5, 0.6) is 0 Å². The fourth-order valence-corrected chi connectivity index (χ4v) is 4.73. The number of nitrogens with one attached hydrogen (secondary N) is 2. The maximum Gasteiger partial charge on any atom is 0.259 e. The van der Waals surface area contributed by atoms with Crippen LogP contribution >= 0.6 is 0 Å². The average Bonchev–Trinajstić information content (AvgIpc) is 3.28. The molecule has 1 fully saturated rings. The van der Waals surface area contributed by atoms with Gasteiger partial charge >= 0.3 is 0 Å². The Balaban J connectivity index is 1.51. The van der Waals surface area contributed by atoms with Crippen LogP contribution in [0.4, 0.5) is 0 Å². The van der Waals surface area contributed by atoms with Crippen LogP contribution in [0.2, 0.25) is 0 Å². The Morgan fingerprint density at radius 2 is 1.75 bits per heavy atom. The molecule has 0 atom stereocenters. The van der Waals surface area contributed by atoms with Crippen LogP contribution in [0.15, 0.2) is 41.5 Å². The van der Waals surface area contributed by atoms with E-state index in [0.29, 0.717) is 38.0 Å². The van der Waals surface area contributed by atoms with E-state index >= 15 is 0 Å². The van der Waals surface area contributed by atoms with Crippen LogP contribution in [0.1, 0.15) is 79.4 Å². The fourth-order valence-electron chi connectivity index (χ4n) is 4.73. The van der Waals surface area contributed by atoms with E-state index in [1.54, 1.807) is 21.9 Å². The van der Waals surface area contributed by atoms with Gasteiger partial charge in [-0.25, -0.2) is 4.98 Å². The van der Waals surface area contributed by atoms with Crippen molar-refractivity contribution < 1.29 is 9.59 Å². The number of imidazole rings is 1. The van der Waals surface area contributed by atoms with E-state index in [9.17, 15) is 14.4 Å². The third-order valence-corrected chi connectivity index (χ3v) is 6.71. The molecule has 1 aliphatic rings. The summed E-state index contributed by atoms with van der Waals surface area (Å²) < 4.78 is 1.80. The molecule has 1 saturated heterocycles. The standard InChI is InChI=1S/C28H37N5O3/c1-18(2)9-12-29-27(35)21-16-32(15-19(3)4)17-22(25(21)34)28(36)33-13-10-20(11-14-33)26-30-23-7-5-6-8-24(23)31-26/h5-8,16-20H,9-15H2,1-4H3,(H,29,35)(H,30,31). The summed E-state index contributed by atoms with van der Waals surface area (Å²) in [6.07, 6.45) is 5.55. The monoisotopic (exact) mass is 491 g/mol. The number of benzene rings is 1. The van der Waals surface area contributed by atoms with E-state index in [-0.39, 0.29) is 23.0 Å². The molecule has 8 nitrogen and oxygen atoms in total. The molecule has 2 amide bonds. The molecule has 0 aliphatic carbocycles. The van der Waals surface area contributed by atoms with Gasteiger partial charge in [0.05, 0.1) is 11.0 Å². The van der Waals surface area contributed by atoms with E-state index in [0.717, 1.165) is 36.1 Å². The Hall–Kier alpha value is -3.42. The number of para-hydroxylation sites is 2. The van der Waals surface area contributed by atoms with E-state index < -0.39 is 11.3 Å². The first kappa shape index (κ1) is 25.7. The van der Waals surface area contributed by atoms with Crippen LogP contribution < -0.4 is 10.7 Å². The zero-order valence-corrected chi connectivity index (χ0v) is 21.7. The van der Waals surface area contributed by atoms with Gasteiger partial charge in [-0.3, -0.25) is 14.4 Å². The number of fused-ring (bicyclic) bond motifs is 1. The minimum Gasteiger partial charge on any atom is -0.352 e. The zero-order chi connectivity index (χ0) is 25.8. The minimum atomic E-state index is -0.499. The Kier molecular flexibility index (Phi) is 7.91. The van der Waals surface area contributed by atoms with Crippen molar-refractivity contribution in [3.05, 3.63) is 63.8 Å². The highest BCUT2D eigenvalue weighted by atomic mass is 16.2. The average molecular weight is 492 g/mol. The molecule has 2 aromatic heterocycles. The van der Waals surface area contributed by atoms with Crippen molar-refractivity contribution in [2.24, 2.45) is 11.8 Å². The van der Waals surface area contributed by atoms with E-state index in [2.05, 4.69) is 38.0 Å². The Labute approximate surface area is 212 Å². The van der Waals surface area contributed by atoms with Crippen molar-refractivity contribution in [3.63, 3.8) is 0 Å². The molecule has 3 heterocycles. The molecular weight excluding hydrogens is 454 g/mol. The van der Waals surface area contributed by atoms with Gasteiger partial charge in [-0.05, 0) is 43.2 Å². The van der Waals surface area contributed by atoms with Gasteiger partial charge in [0, 0.05) is 44.5 Å². The Morgan fingerprint density at radius 1 is 1.06 bits per heavy atom. The van der Waals surface area contributed by atoms with Crippen LogP contribution in [-0.2, 0) is 6.54 Å². The second-order valence-electron chi connectivity index (χ2n) is 10.6. The highest BCUT2D eigenvalue weighted by Crippen LogP contribution is 2.28. The van der Waals surface area contributed by atoms with Crippen molar-refractivity contribution in [2.75, 3.05) is 19.6 Å². The molecule has 0 saturated carbocycles. The maximum absolute atomic E-state index is 13.5. The number of likely N-dealkylation sites (tertiary alicyclic amines) is 1. The summed E-state index contributed by atoms with van der Waals surface area (Å²) in [5, 5.41) is 2.84. The smallest absolute Gasteiger partial charge is 0.259 e. The lowest BCUT2D eigenvalue weighted by atomic mass is 9.95. The fraction of sp³-hybridized carbons (Fsp3) is 0.500. The molecule has 3 aromatic rings. The van der Waals surface area contributed by atoms with Crippen molar-refractivity contribution >= 4 is 22.8 Å². The minimum absolute atomic E-state index is 0.0300. The van der Waals surface area contributed by atoms with Crippen molar-refractivity contribution in [1.29, 1.82) is 0 Å². The van der Waals surface area contributed by atoms with E-state index in [1.165, 1.54) is 0 Å². The second kappa shape index (κ2) is 11.1. The SMILES string of the molecule is CC(C)CCNC(=O)c1cn(CC(C)C)cc(C(=O)N2CCC(c3nc4ccccc4[nH]3)CC2)c1=O. The normalized spacial score (nSPS) is 14.7. The predicted octanol–water partition coefficient (Wildman–Crippen LogP) is 4.18. The van der Waals surface area contributed by atoms with Gasteiger partial charge < -0.3 is 19.8 Å². The summed E-state index contributed by atoms with van der Waals surface area (Å²) in [5.74, 6) is 1.19. The molecule has 0 spiro atoms. The zero-order valence-electron chi connectivity index (χ0n) is 21.7. The van der Waals surface area contributed by atoms with Gasteiger partial charge in [-0.1, -0.05) is 39.8 Å². The summed E-state index contributed by atoms with van der Waals surface area (Å²) in [4.78, 5) is 49.5. The number of carbonyl (C=O) groups is 2. The molecular formula is C28H37N5O3. The summed E-state index contributed by atoms with van der Waals surface area (Å²) >= 11 is 0. The lowest BCUT2D eigenvalue weighted by Crippen LogP contribution is -2.41. The van der Waals surface area contributed by atoms with Crippen molar-refractivity contribution in [2.45, 2.75) is 59.4 Å². The number of hydrogen-bond donors (Lipinski definition) is 2. The topological polar surface area (TPSA) is 100 Å². The molecule has 1 aliphatic heterocycles. The third kappa shape index (κ3) is 5.86. The maximum atomic E-state index is 13.5. The lowest BCUT2D eigenvalue weighted by molar-refractivity contribution is 0.0709. The van der Waals surface area contributed by atoms with Gasteiger partial charge in [-0.15, -0.1) is 0 Å². The largest absolute Gasteiger partial charge is 0.352 e. The van der Waals surface area contributed by atoms with Crippen molar-refractivity contribution in [1.82, 2.24) is 24.8 Å². The first-order chi connectivity index (χ1) is 17.2. The van der Waals surface area contributed by atoms with Crippen molar-refractivity contribution in [3.8, 4) is 0 Å². The molecule has 4 rings (SSSR count). The number of pyridine rings is 1. The Morgan fingerprint density at radius 3 is 2.42 bits per heavy atom. The molecule has 192 valence electrons. The van der Waals surface area contributed by atoms with Gasteiger partial charge in [0.15, 0.2) is 0 Å². The number of carbonyl (C=O) groups excluding carboxylic acids is 2. The molecule has 0 bridgehead atoms. The first-order valence-corrected chi connectivity index (χ1v) is 13.0. The van der Waals surface area contributed by atoms with E-state index in [4.69, 9.17) is 4.98 Å². The first-order valence-electron chi connectivity index (χ1n) is 13.0. The van der Waals surface area contributed by atoms with E-state index in [1.807, 2.05) is 24.3 Å². The molecule has 1 aromatic carbocycles. The van der Waals surface area contributed by atoms with Gasteiger partial charge in [0.2, 0.25) is 5.43 Å². The number of rotatable bonds is 8. The van der Waals surface area contributed by atoms with Gasteiger partial charge in [-0.2, -0.15) is 0 Å². The predicted molar refractivity (Wildman–Crippen MR) is 141 cm³/mol. The molecule has 36 heavy (non-hydrogen) atoms. The second-order valence-corrected chi connectivity index (χ2v) is 10.6. The van der Waals surface area contributed by atoms with Crippen LogP contribution in [0.25, 0.3) is 11.0 Å². The number of piperidine rings is 1. The number of aromatic amines is 1. The number of nitrogens with zero attached hydrogens (tertiary/aromatic N) is 3. The molecule has 0 unspecified atom stereocenters. The number of amides is 2. The van der Waals surface area contributed by atoms with Crippen LogP contribution in [0, 0.1) is 11.8 Å². The molecule has 8 heteroatoms. The van der Waals surface area contributed by atoms with Crippen LogP contribution in [0.3, 0.4) is 0 Å². The number of aromatic nitrogens is 3. The highest BCUT2D eigenvalue weighted by Gasteiger charge is 2.29. The Bertz CT molecular complexity index is 1250. The number of hydrogen-bond acceptors (Lipinski definition) is 4. The quantitative estimate of drug-likeness (QED) is 0.494. The summed E-state index contributed by atoms with van der Waals surface area (Å²) in [6.45, 7) is 10.5. The summed E-state index contributed by atoms with van der Waals surface area (Å²) in [6, 6.07) is 7.95. The lowest BCUT2D eigenvalue weighted by Gasteiger charge is -2.31. The molecule has 0 radical (unpaired) electrons. The molecule has 2 N–H and O–H groups in total. The van der Waals surface area contributed by atoms with Gasteiger partial charge in [0.25, 0.3) is 11.8 Å². The number of H-pyrrole nitrogens is 1. The van der Waals surface area contributed by atoms with Gasteiger partial charge in [0.1, 0.15) is 17.0 Å².